The van der Waals surface area contributed by atoms with Crippen LogP contribution >= 0.6 is 23.6 Å². The molecule has 1 aromatic heterocycles. The third-order valence-electron chi connectivity index (χ3n) is 2.82. The molecule has 0 saturated heterocycles. The molecule has 0 fully saturated rings. The summed E-state index contributed by atoms with van der Waals surface area (Å²) >= 11 is 6.35. The van der Waals surface area contributed by atoms with Crippen LogP contribution in [0.4, 0.5) is 5.13 Å². The maximum absolute atomic E-state index is 12.2. The summed E-state index contributed by atoms with van der Waals surface area (Å²) in [5.74, 6) is -0.177. The number of nitrogens with two attached hydrogens (primary N) is 1. The van der Waals surface area contributed by atoms with E-state index in [0.29, 0.717) is 22.1 Å². The van der Waals surface area contributed by atoms with Crippen molar-refractivity contribution < 1.29 is 4.79 Å². The van der Waals surface area contributed by atoms with E-state index in [1.165, 1.54) is 11.3 Å². The fourth-order valence-electron chi connectivity index (χ4n) is 1.72. The minimum atomic E-state index is -0.177. The molecule has 3 N–H and O–H groups in total. The molecule has 1 aromatic carbocycles. The molecule has 0 spiro atoms. The van der Waals surface area contributed by atoms with Crippen molar-refractivity contribution in [1.82, 2.24) is 4.98 Å². The first kappa shape index (κ1) is 14.6. The van der Waals surface area contributed by atoms with Crippen LogP contribution in [0.1, 0.15) is 26.5 Å². The molecule has 2 rings (SSSR count). The lowest BCUT2D eigenvalue weighted by Gasteiger charge is -2.04. The van der Waals surface area contributed by atoms with E-state index in [4.69, 9.17) is 18.0 Å². The summed E-state index contributed by atoms with van der Waals surface area (Å²) in [6.07, 6.45) is 0.492. The topological polar surface area (TPSA) is 68.0 Å². The summed E-state index contributed by atoms with van der Waals surface area (Å²) in [7, 11) is 0. The zero-order valence-corrected chi connectivity index (χ0v) is 12.9. The van der Waals surface area contributed by atoms with Crippen molar-refractivity contribution in [3.05, 3.63) is 46.0 Å². The Morgan fingerprint density at radius 1 is 1.45 bits per heavy atom. The number of thiocarbonyl (C=S) groups is 1. The van der Waals surface area contributed by atoms with E-state index in [0.717, 1.165) is 16.1 Å². The Morgan fingerprint density at radius 3 is 2.80 bits per heavy atom. The third-order valence-corrected chi connectivity index (χ3v) is 3.95. The van der Waals surface area contributed by atoms with Crippen LogP contribution in [0.25, 0.3) is 0 Å². The number of carbonyl (C=O) groups is 1. The summed E-state index contributed by atoms with van der Waals surface area (Å²) in [4.78, 5) is 18.0. The van der Waals surface area contributed by atoms with Gasteiger partial charge in [-0.3, -0.25) is 10.1 Å². The molecule has 2 aromatic rings. The highest BCUT2D eigenvalue weighted by molar-refractivity contribution is 7.80. The van der Waals surface area contributed by atoms with Crippen molar-refractivity contribution in [3.8, 4) is 0 Å². The molecule has 1 heterocycles. The summed E-state index contributed by atoms with van der Waals surface area (Å²) in [6, 6.07) is 7.27. The monoisotopic (exact) mass is 305 g/mol. The van der Waals surface area contributed by atoms with Gasteiger partial charge in [0.05, 0.1) is 10.7 Å². The maximum Gasteiger partial charge on any atom is 0.257 e. The molecule has 0 atom stereocenters. The molecule has 20 heavy (non-hydrogen) atoms. The first-order chi connectivity index (χ1) is 9.45. The number of aryl methyl sites for hydroxylation is 2. The number of thiazole rings is 1. The van der Waals surface area contributed by atoms with Crippen molar-refractivity contribution in [2.24, 2.45) is 5.73 Å². The number of hydrogen-bond acceptors (Lipinski definition) is 4. The van der Waals surface area contributed by atoms with E-state index in [-0.39, 0.29) is 5.91 Å². The Balaban J connectivity index is 2.14. The van der Waals surface area contributed by atoms with Crippen molar-refractivity contribution >= 4 is 39.6 Å². The molecule has 104 valence electrons. The Hall–Kier alpha value is -1.79. The SMILES string of the molecule is Cc1nc(NC(=O)c2cccc(CC(N)=S)c2)sc1C. The Morgan fingerprint density at radius 2 is 2.20 bits per heavy atom. The summed E-state index contributed by atoms with van der Waals surface area (Å²) in [6.45, 7) is 3.90. The van der Waals surface area contributed by atoms with Gasteiger partial charge in [0.2, 0.25) is 0 Å². The highest BCUT2D eigenvalue weighted by atomic mass is 32.1. The summed E-state index contributed by atoms with van der Waals surface area (Å²) in [5.41, 5.74) is 7.95. The second kappa shape index (κ2) is 6.11. The standard InChI is InChI=1S/C14H15N3OS2/c1-8-9(2)20-14(16-8)17-13(18)11-5-3-4-10(6-11)7-12(15)19/h3-6H,7H2,1-2H3,(H2,15,19)(H,16,17,18). The minimum Gasteiger partial charge on any atom is -0.393 e. The Bertz CT molecular complexity index is 645. The average molecular weight is 305 g/mol. The fraction of sp³-hybridized carbons (Fsp3) is 0.214. The first-order valence-electron chi connectivity index (χ1n) is 6.08. The Labute approximate surface area is 127 Å². The van der Waals surface area contributed by atoms with Crippen LogP contribution in [-0.4, -0.2) is 15.9 Å². The predicted octanol–water partition coefficient (Wildman–Crippen LogP) is 2.84. The van der Waals surface area contributed by atoms with E-state index in [9.17, 15) is 4.79 Å². The van der Waals surface area contributed by atoms with E-state index < -0.39 is 0 Å². The van der Waals surface area contributed by atoms with E-state index in [1.807, 2.05) is 26.0 Å². The summed E-state index contributed by atoms with van der Waals surface area (Å²) in [5, 5.41) is 3.42. The number of rotatable bonds is 4. The number of aromatic nitrogens is 1. The van der Waals surface area contributed by atoms with Crippen LogP contribution in [-0.2, 0) is 6.42 Å². The number of amides is 1. The van der Waals surface area contributed by atoms with Gasteiger partial charge in [-0.25, -0.2) is 4.98 Å². The zero-order chi connectivity index (χ0) is 14.7. The van der Waals surface area contributed by atoms with Crippen molar-refractivity contribution in [1.29, 1.82) is 0 Å². The summed E-state index contributed by atoms with van der Waals surface area (Å²) < 4.78 is 0. The first-order valence-corrected chi connectivity index (χ1v) is 7.31. The lowest BCUT2D eigenvalue weighted by molar-refractivity contribution is 0.102. The van der Waals surface area contributed by atoms with Gasteiger partial charge in [0.1, 0.15) is 0 Å². The van der Waals surface area contributed by atoms with Gasteiger partial charge in [-0.1, -0.05) is 24.4 Å². The van der Waals surface area contributed by atoms with Gasteiger partial charge in [0.25, 0.3) is 5.91 Å². The number of nitrogens with one attached hydrogen (secondary N) is 1. The number of benzene rings is 1. The van der Waals surface area contributed by atoms with Crippen molar-refractivity contribution in [2.45, 2.75) is 20.3 Å². The fourth-order valence-corrected chi connectivity index (χ4v) is 2.70. The second-order valence-corrected chi connectivity index (χ2v) is 6.19. The second-order valence-electron chi connectivity index (χ2n) is 4.46. The molecule has 0 radical (unpaired) electrons. The quantitative estimate of drug-likeness (QED) is 0.852. The van der Waals surface area contributed by atoms with Crippen LogP contribution in [0.5, 0.6) is 0 Å². The van der Waals surface area contributed by atoms with Gasteiger partial charge in [0.15, 0.2) is 5.13 Å². The zero-order valence-electron chi connectivity index (χ0n) is 11.3. The van der Waals surface area contributed by atoms with Crippen LogP contribution in [0.15, 0.2) is 24.3 Å². The molecular weight excluding hydrogens is 290 g/mol. The number of nitrogens with zero attached hydrogens (tertiary/aromatic N) is 1. The molecule has 0 bridgehead atoms. The van der Waals surface area contributed by atoms with E-state index in [2.05, 4.69) is 10.3 Å². The number of carbonyl (C=O) groups excluding carboxylic acids is 1. The molecule has 0 aliphatic carbocycles. The molecule has 0 aliphatic heterocycles. The van der Waals surface area contributed by atoms with Crippen LogP contribution in [0.3, 0.4) is 0 Å². The smallest absolute Gasteiger partial charge is 0.257 e. The van der Waals surface area contributed by atoms with Gasteiger partial charge >= 0.3 is 0 Å². The number of hydrogen-bond donors (Lipinski definition) is 2. The highest BCUT2D eigenvalue weighted by Crippen LogP contribution is 2.21. The number of anilines is 1. The molecule has 0 saturated carbocycles. The average Bonchev–Trinajstić information content (AvgIpc) is 2.67. The Kier molecular flexibility index (Phi) is 4.46. The van der Waals surface area contributed by atoms with E-state index in [1.54, 1.807) is 12.1 Å². The molecular formula is C14H15N3OS2. The van der Waals surface area contributed by atoms with Gasteiger partial charge in [-0.05, 0) is 31.5 Å². The molecule has 6 heteroatoms. The molecule has 0 unspecified atom stereocenters. The predicted molar refractivity (Wildman–Crippen MR) is 86.5 cm³/mol. The lowest BCUT2D eigenvalue weighted by atomic mass is 10.1. The third kappa shape index (κ3) is 3.61. The molecule has 1 amide bonds. The van der Waals surface area contributed by atoms with Crippen LogP contribution in [0.2, 0.25) is 0 Å². The van der Waals surface area contributed by atoms with Crippen molar-refractivity contribution in [2.75, 3.05) is 5.32 Å². The largest absolute Gasteiger partial charge is 0.393 e. The molecule has 4 nitrogen and oxygen atoms in total. The van der Waals surface area contributed by atoms with Crippen molar-refractivity contribution in [3.63, 3.8) is 0 Å². The van der Waals surface area contributed by atoms with Gasteiger partial charge < -0.3 is 5.73 Å². The van der Waals surface area contributed by atoms with Gasteiger partial charge in [0, 0.05) is 16.9 Å². The van der Waals surface area contributed by atoms with Gasteiger partial charge in [-0.15, -0.1) is 11.3 Å². The maximum atomic E-state index is 12.2. The van der Waals surface area contributed by atoms with Crippen LogP contribution < -0.4 is 11.1 Å². The normalized spacial score (nSPS) is 10.3. The molecule has 0 aliphatic rings. The van der Waals surface area contributed by atoms with Crippen LogP contribution in [0, 0.1) is 13.8 Å². The lowest BCUT2D eigenvalue weighted by Crippen LogP contribution is -2.14. The minimum absolute atomic E-state index is 0.177. The van der Waals surface area contributed by atoms with Gasteiger partial charge in [-0.2, -0.15) is 0 Å². The highest BCUT2D eigenvalue weighted by Gasteiger charge is 2.10. The van der Waals surface area contributed by atoms with E-state index >= 15 is 0 Å².